The van der Waals surface area contributed by atoms with Crippen molar-refractivity contribution in [3.05, 3.63) is 69.5 Å². The van der Waals surface area contributed by atoms with Gasteiger partial charge in [-0.2, -0.15) is 5.26 Å². The van der Waals surface area contributed by atoms with Gasteiger partial charge in [-0.15, -0.1) is 11.8 Å². The van der Waals surface area contributed by atoms with Crippen molar-refractivity contribution < 1.29 is 9.31 Å². The SMILES string of the molecule is N#Cc1cc(CSc2ccc([N+](=O)[O-])cc2)ccc1F. The number of thioether (sulfide) groups is 1. The number of nitrogens with zero attached hydrogens (tertiary/aromatic N) is 2. The van der Waals surface area contributed by atoms with Crippen LogP contribution in [-0.2, 0) is 5.75 Å². The van der Waals surface area contributed by atoms with Crippen LogP contribution in [0, 0.1) is 27.3 Å². The highest BCUT2D eigenvalue weighted by Crippen LogP contribution is 2.25. The maximum atomic E-state index is 13.2. The summed E-state index contributed by atoms with van der Waals surface area (Å²) in [7, 11) is 0. The van der Waals surface area contributed by atoms with Gasteiger partial charge in [-0.1, -0.05) is 6.07 Å². The van der Waals surface area contributed by atoms with E-state index in [0.29, 0.717) is 5.75 Å². The van der Waals surface area contributed by atoms with Gasteiger partial charge in [-0.25, -0.2) is 4.39 Å². The number of halogens is 1. The summed E-state index contributed by atoms with van der Waals surface area (Å²) in [6, 6.07) is 12.4. The molecule has 0 spiro atoms. The molecule has 0 fully saturated rings. The first-order chi connectivity index (χ1) is 9.60. The number of rotatable bonds is 4. The molecule has 0 aliphatic heterocycles. The Bertz CT molecular complexity index is 681. The minimum absolute atomic E-state index is 0.0202. The second kappa shape index (κ2) is 6.17. The molecule has 0 unspecified atom stereocenters. The van der Waals surface area contributed by atoms with Crippen LogP contribution < -0.4 is 0 Å². The first-order valence-corrected chi connectivity index (χ1v) is 6.64. The van der Waals surface area contributed by atoms with E-state index in [1.165, 1.54) is 36.0 Å². The number of hydrogen-bond donors (Lipinski definition) is 0. The Balaban J connectivity index is 2.05. The molecule has 6 heteroatoms. The first kappa shape index (κ1) is 14.0. The molecular weight excluding hydrogens is 279 g/mol. The molecule has 0 amide bonds. The van der Waals surface area contributed by atoms with Gasteiger partial charge < -0.3 is 0 Å². The van der Waals surface area contributed by atoms with Gasteiger partial charge in [0.15, 0.2) is 0 Å². The fourth-order valence-corrected chi connectivity index (χ4v) is 2.42. The molecule has 0 atom stereocenters. The van der Waals surface area contributed by atoms with E-state index in [-0.39, 0.29) is 11.3 Å². The molecule has 0 saturated carbocycles. The Hall–Kier alpha value is -2.39. The van der Waals surface area contributed by atoms with Crippen molar-refractivity contribution in [2.75, 3.05) is 0 Å². The van der Waals surface area contributed by atoms with Crippen LogP contribution in [0.4, 0.5) is 10.1 Å². The summed E-state index contributed by atoms with van der Waals surface area (Å²) in [6.07, 6.45) is 0. The van der Waals surface area contributed by atoms with Crippen molar-refractivity contribution in [3.8, 4) is 6.07 Å². The van der Waals surface area contributed by atoms with Crippen molar-refractivity contribution in [1.82, 2.24) is 0 Å². The summed E-state index contributed by atoms with van der Waals surface area (Å²) < 4.78 is 13.2. The predicted molar refractivity (Wildman–Crippen MR) is 73.8 cm³/mol. The maximum Gasteiger partial charge on any atom is 0.269 e. The molecule has 0 bridgehead atoms. The van der Waals surface area contributed by atoms with E-state index in [9.17, 15) is 14.5 Å². The summed E-state index contributed by atoms with van der Waals surface area (Å²) in [6.45, 7) is 0. The van der Waals surface area contributed by atoms with Gasteiger partial charge >= 0.3 is 0 Å². The maximum absolute atomic E-state index is 13.2. The Morgan fingerprint density at radius 2 is 1.95 bits per heavy atom. The van der Waals surface area contributed by atoms with Crippen LogP contribution in [0.2, 0.25) is 0 Å². The highest BCUT2D eigenvalue weighted by Gasteiger charge is 2.06. The minimum Gasteiger partial charge on any atom is -0.258 e. The molecular formula is C14H9FN2O2S. The highest BCUT2D eigenvalue weighted by molar-refractivity contribution is 7.98. The van der Waals surface area contributed by atoms with Gasteiger partial charge in [0.1, 0.15) is 11.9 Å². The van der Waals surface area contributed by atoms with Crippen LogP contribution >= 0.6 is 11.8 Å². The monoisotopic (exact) mass is 288 g/mol. The highest BCUT2D eigenvalue weighted by atomic mass is 32.2. The Kier molecular flexibility index (Phi) is 4.33. The zero-order valence-corrected chi connectivity index (χ0v) is 11.1. The lowest BCUT2D eigenvalue weighted by molar-refractivity contribution is -0.384. The molecule has 4 nitrogen and oxygen atoms in total. The molecule has 0 aliphatic rings. The molecule has 2 rings (SSSR count). The van der Waals surface area contributed by atoms with Crippen LogP contribution in [0.25, 0.3) is 0 Å². The van der Waals surface area contributed by atoms with Crippen molar-refractivity contribution in [1.29, 1.82) is 5.26 Å². The third kappa shape index (κ3) is 3.33. The molecule has 0 N–H and O–H groups in total. The molecule has 0 aliphatic carbocycles. The number of nitro groups is 1. The molecule has 20 heavy (non-hydrogen) atoms. The summed E-state index contributed by atoms with van der Waals surface area (Å²) in [5, 5.41) is 19.3. The lowest BCUT2D eigenvalue weighted by atomic mass is 10.1. The molecule has 2 aromatic rings. The van der Waals surface area contributed by atoms with Crippen molar-refractivity contribution in [3.63, 3.8) is 0 Å². The van der Waals surface area contributed by atoms with Crippen LogP contribution in [0.3, 0.4) is 0 Å². The van der Waals surface area contributed by atoms with Crippen LogP contribution in [0.5, 0.6) is 0 Å². The zero-order valence-electron chi connectivity index (χ0n) is 10.2. The average molecular weight is 288 g/mol. The average Bonchev–Trinajstić information content (AvgIpc) is 2.46. The first-order valence-electron chi connectivity index (χ1n) is 5.66. The van der Waals surface area contributed by atoms with E-state index in [2.05, 4.69) is 0 Å². The molecule has 0 heterocycles. The number of hydrogen-bond acceptors (Lipinski definition) is 4. The largest absolute Gasteiger partial charge is 0.269 e. The molecule has 0 saturated heterocycles. The molecule has 2 aromatic carbocycles. The van der Waals surface area contributed by atoms with Gasteiger partial charge in [-0.3, -0.25) is 10.1 Å². The van der Waals surface area contributed by atoms with Crippen molar-refractivity contribution >= 4 is 17.4 Å². The third-order valence-corrected chi connectivity index (χ3v) is 3.69. The van der Waals surface area contributed by atoms with E-state index in [4.69, 9.17) is 5.26 Å². The minimum atomic E-state index is -0.531. The van der Waals surface area contributed by atoms with Crippen LogP contribution in [-0.4, -0.2) is 4.92 Å². The standard InChI is InChI=1S/C14H9FN2O2S/c15-14-6-1-10(7-11(14)8-16)9-20-13-4-2-12(3-5-13)17(18)19/h1-7H,9H2. The summed E-state index contributed by atoms with van der Waals surface area (Å²) in [5.74, 6) is 0.0313. The van der Waals surface area contributed by atoms with Crippen LogP contribution in [0.15, 0.2) is 47.4 Å². The fourth-order valence-electron chi connectivity index (χ4n) is 1.58. The van der Waals surface area contributed by atoms with E-state index in [1.54, 1.807) is 24.3 Å². The van der Waals surface area contributed by atoms with E-state index >= 15 is 0 Å². The second-order valence-electron chi connectivity index (χ2n) is 3.97. The lowest BCUT2D eigenvalue weighted by Crippen LogP contribution is -1.88. The van der Waals surface area contributed by atoms with Gasteiger partial charge in [0.2, 0.25) is 0 Å². The normalized spacial score (nSPS) is 10.0. The number of nitro benzene ring substituents is 1. The summed E-state index contributed by atoms with van der Waals surface area (Å²) in [4.78, 5) is 10.9. The van der Waals surface area contributed by atoms with E-state index in [1.807, 2.05) is 0 Å². The molecule has 0 radical (unpaired) electrons. The summed E-state index contributed by atoms with van der Waals surface area (Å²) in [5.41, 5.74) is 0.890. The number of nitriles is 1. The van der Waals surface area contributed by atoms with Gasteiger partial charge in [0.25, 0.3) is 5.69 Å². The van der Waals surface area contributed by atoms with E-state index < -0.39 is 10.7 Å². The molecule has 0 aromatic heterocycles. The quantitative estimate of drug-likeness (QED) is 0.486. The topological polar surface area (TPSA) is 66.9 Å². The van der Waals surface area contributed by atoms with Gasteiger partial charge in [-0.05, 0) is 29.8 Å². The predicted octanol–water partition coefficient (Wildman–Crippen LogP) is 3.90. The van der Waals surface area contributed by atoms with Crippen molar-refractivity contribution in [2.45, 2.75) is 10.6 Å². The zero-order chi connectivity index (χ0) is 14.5. The van der Waals surface area contributed by atoms with E-state index in [0.717, 1.165) is 10.5 Å². The third-order valence-electron chi connectivity index (χ3n) is 2.60. The Morgan fingerprint density at radius 1 is 1.25 bits per heavy atom. The second-order valence-corrected chi connectivity index (χ2v) is 5.01. The smallest absolute Gasteiger partial charge is 0.258 e. The Morgan fingerprint density at radius 3 is 2.55 bits per heavy atom. The van der Waals surface area contributed by atoms with Gasteiger partial charge in [0, 0.05) is 22.8 Å². The molecule has 100 valence electrons. The fraction of sp³-hybridized carbons (Fsp3) is 0.0714. The number of non-ortho nitro benzene ring substituents is 1. The summed E-state index contributed by atoms with van der Waals surface area (Å²) >= 11 is 1.46. The lowest BCUT2D eigenvalue weighted by Gasteiger charge is -2.03. The van der Waals surface area contributed by atoms with Gasteiger partial charge in [0.05, 0.1) is 10.5 Å². The Labute approximate surface area is 119 Å². The van der Waals surface area contributed by atoms with Crippen LogP contribution in [0.1, 0.15) is 11.1 Å². The number of benzene rings is 2. The van der Waals surface area contributed by atoms with Crippen molar-refractivity contribution in [2.24, 2.45) is 0 Å².